The Hall–Kier alpha value is -1.92. The second-order valence-electron chi connectivity index (χ2n) is 3.28. The summed E-state index contributed by atoms with van der Waals surface area (Å²) in [5, 5.41) is 17.7. The monoisotopic (exact) mass is 224 g/mol. The van der Waals surface area contributed by atoms with E-state index < -0.39 is 12.4 Å². The smallest absolute Gasteiger partial charge is 0.207 e. The van der Waals surface area contributed by atoms with Crippen LogP contribution >= 0.6 is 0 Å². The van der Waals surface area contributed by atoms with Crippen molar-refractivity contribution in [2.75, 3.05) is 13.2 Å². The summed E-state index contributed by atoms with van der Waals surface area (Å²) >= 11 is 0. The van der Waals surface area contributed by atoms with Gasteiger partial charge in [0, 0.05) is 5.56 Å². The van der Waals surface area contributed by atoms with Crippen molar-refractivity contribution in [3.8, 4) is 11.5 Å². The number of Topliss-reactive ketones (excluding diaryl/α,β-unsaturated/α-hetero) is 2. The van der Waals surface area contributed by atoms with Crippen LogP contribution in [0.15, 0.2) is 12.1 Å². The summed E-state index contributed by atoms with van der Waals surface area (Å²) < 4.78 is 5.00. The average molecular weight is 224 g/mol. The van der Waals surface area contributed by atoms with Crippen LogP contribution in [0, 0.1) is 0 Å². The van der Waals surface area contributed by atoms with E-state index in [2.05, 4.69) is 4.89 Å². The lowest BCUT2D eigenvalue weighted by Gasteiger charge is -2.04. The highest BCUT2D eigenvalue weighted by molar-refractivity contribution is 6.07. The van der Waals surface area contributed by atoms with Crippen LogP contribution < -0.4 is 4.74 Å². The van der Waals surface area contributed by atoms with Gasteiger partial charge in [0.05, 0.1) is 0 Å². The van der Waals surface area contributed by atoms with E-state index in [-0.39, 0.29) is 35.0 Å². The maximum absolute atomic E-state index is 11.3. The molecule has 84 valence electrons. The highest BCUT2D eigenvalue weighted by atomic mass is 17.1. The molecule has 0 spiro atoms. The minimum atomic E-state index is -0.524. The minimum absolute atomic E-state index is 0.0847. The Labute approximate surface area is 90.0 Å². The summed E-state index contributed by atoms with van der Waals surface area (Å²) in [6.07, 6.45) is 0. The van der Waals surface area contributed by atoms with Gasteiger partial charge in [0.15, 0.2) is 12.4 Å². The summed E-state index contributed by atoms with van der Waals surface area (Å²) in [5.74, 6) is -0.985. The van der Waals surface area contributed by atoms with Crippen LogP contribution in [0.5, 0.6) is 11.5 Å². The number of aromatic hydroxyl groups is 1. The van der Waals surface area contributed by atoms with Crippen molar-refractivity contribution in [3.05, 3.63) is 23.3 Å². The molecular weight excluding hydrogens is 216 g/mol. The van der Waals surface area contributed by atoms with E-state index in [0.29, 0.717) is 0 Å². The molecule has 0 unspecified atom stereocenters. The molecule has 6 nitrogen and oxygen atoms in total. The number of benzene rings is 1. The van der Waals surface area contributed by atoms with Crippen LogP contribution in [0.4, 0.5) is 0 Å². The van der Waals surface area contributed by atoms with Crippen LogP contribution in [-0.4, -0.2) is 35.1 Å². The molecule has 1 aromatic carbocycles. The first-order chi connectivity index (χ1) is 7.63. The molecule has 1 heterocycles. The molecule has 2 rings (SSSR count). The SMILES string of the molecule is O=C(COO)c1cc(O)c2c(c1)OCC2=O. The van der Waals surface area contributed by atoms with E-state index in [0.717, 1.165) is 6.07 Å². The fourth-order valence-electron chi connectivity index (χ4n) is 1.51. The van der Waals surface area contributed by atoms with Gasteiger partial charge in [0.1, 0.15) is 23.7 Å². The molecular formula is C10H8O6. The lowest BCUT2D eigenvalue weighted by Crippen LogP contribution is -2.07. The van der Waals surface area contributed by atoms with Crippen molar-refractivity contribution in [3.63, 3.8) is 0 Å². The topological polar surface area (TPSA) is 93.1 Å². The normalized spacial score (nSPS) is 13.4. The average Bonchev–Trinajstić information content (AvgIpc) is 2.61. The van der Waals surface area contributed by atoms with Gasteiger partial charge in [-0.3, -0.25) is 14.8 Å². The fraction of sp³-hybridized carbons (Fsp3) is 0.200. The number of hydrogen-bond acceptors (Lipinski definition) is 6. The molecule has 0 fully saturated rings. The van der Waals surface area contributed by atoms with Crippen molar-refractivity contribution >= 4 is 11.6 Å². The predicted molar refractivity (Wildman–Crippen MR) is 50.8 cm³/mol. The van der Waals surface area contributed by atoms with Crippen LogP contribution in [0.3, 0.4) is 0 Å². The molecule has 0 bridgehead atoms. The summed E-state index contributed by atoms with van der Waals surface area (Å²) in [7, 11) is 0. The van der Waals surface area contributed by atoms with Crippen LogP contribution in [0.25, 0.3) is 0 Å². The van der Waals surface area contributed by atoms with E-state index in [4.69, 9.17) is 9.99 Å². The van der Waals surface area contributed by atoms with E-state index in [1.165, 1.54) is 6.07 Å². The second-order valence-corrected chi connectivity index (χ2v) is 3.28. The number of hydrogen-bond donors (Lipinski definition) is 2. The zero-order valence-electron chi connectivity index (χ0n) is 8.10. The van der Waals surface area contributed by atoms with Gasteiger partial charge in [0.2, 0.25) is 5.78 Å². The molecule has 6 heteroatoms. The number of rotatable bonds is 3. The molecule has 2 N–H and O–H groups in total. The lowest BCUT2D eigenvalue weighted by molar-refractivity contribution is -0.230. The first-order valence-corrected chi connectivity index (χ1v) is 4.46. The number of ketones is 2. The molecule has 0 saturated carbocycles. The maximum Gasteiger partial charge on any atom is 0.207 e. The zero-order chi connectivity index (χ0) is 11.7. The lowest BCUT2D eigenvalue weighted by atomic mass is 10.0. The van der Waals surface area contributed by atoms with Gasteiger partial charge in [-0.25, -0.2) is 4.89 Å². The van der Waals surface area contributed by atoms with E-state index in [1.807, 2.05) is 0 Å². The Morgan fingerprint density at radius 3 is 2.94 bits per heavy atom. The standard InChI is InChI=1S/C10H8O6/c11-6-1-5(7(12)4-16-14)2-9-10(6)8(13)3-15-9/h1-2,11,14H,3-4H2. The summed E-state index contributed by atoms with van der Waals surface area (Å²) in [5.41, 5.74) is 0.196. The first-order valence-electron chi connectivity index (χ1n) is 4.46. The highest BCUT2D eigenvalue weighted by Gasteiger charge is 2.26. The molecule has 0 atom stereocenters. The van der Waals surface area contributed by atoms with Crippen LogP contribution in [0.1, 0.15) is 20.7 Å². The summed E-state index contributed by atoms with van der Waals surface area (Å²) in [4.78, 5) is 26.3. The molecule has 0 radical (unpaired) electrons. The number of carbonyl (C=O) groups excluding carboxylic acids is 2. The van der Waals surface area contributed by atoms with E-state index in [9.17, 15) is 14.7 Å². The Kier molecular flexibility index (Phi) is 2.59. The quantitative estimate of drug-likeness (QED) is 0.444. The second kappa shape index (κ2) is 3.92. The number of phenolic OH excluding ortho intramolecular Hbond substituents is 1. The van der Waals surface area contributed by atoms with Crippen molar-refractivity contribution in [2.24, 2.45) is 0 Å². The minimum Gasteiger partial charge on any atom is -0.507 e. The van der Waals surface area contributed by atoms with Gasteiger partial charge < -0.3 is 9.84 Å². The number of phenols is 1. The Bertz CT molecular complexity index is 465. The van der Waals surface area contributed by atoms with Gasteiger partial charge in [-0.2, -0.15) is 0 Å². The predicted octanol–water partition coefficient (Wildman–Crippen LogP) is 0.640. The van der Waals surface area contributed by atoms with Gasteiger partial charge in [-0.05, 0) is 12.1 Å². The molecule has 0 aromatic heterocycles. The van der Waals surface area contributed by atoms with Crippen molar-refractivity contribution in [1.82, 2.24) is 0 Å². The molecule has 1 aromatic rings. The molecule has 0 saturated heterocycles. The first kappa shape index (κ1) is 10.6. The maximum atomic E-state index is 11.3. The van der Waals surface area contributed by atoms with Gasteiger partial charge in [-0.15, -0.1) is 0 Å². The molecule has 16 heavy (non-hydrogen) atoms. The van der Waals surface area contributed by atoms with Crippen molar-refractivity contribution < 1.29 is 29.6 Å². The Morgan fingerprint density at radius 2 is 2.25 bits per heavy atom. The van der Waals surface area contributed by atoms with Gasteiger partial charge >= 0.3 is 0 Å². The Balaban J connectivity index is 2.42. The number of fused-ring (bicyclic) bond motifs is 1. The third kappa shape index (κ3) is 1.64. The third-order valence-corrected chi connectivity index (χ3v) is 2.24. The zero-order valence-corrected chi connectivity index (χ0v) is 8.10. The van der Waals surface area contributed by atoms with Crippen molar-refractivity contribution in [2.45, 2.75) is 0 Å². The van der Waals surface area contributed by atoms with Gasteiger partial charge in [0.25, 0.3) is 0 Å². The largest absolute Gasteiger partial charge is 0.507 e. The fourth-order valence-corrected chi connectivity index (χ4v) is 1.51. The Morgan fingerprint density at radius 1 is 1.50 bits per heavy atom. The van der Waals surface area contributed by atoms with Crippen LogP contribution in [-0.2, 0) is 4.89 Å². The van der Waals surface area contributed by atoms with Crippen LogP contribution in [0.2, 0.25) is 0 Å². The highest BCUT2D eigenvalue weighted by Crippen LogP contribution is 2.34. The van der Waals surface area contributed by atoms with E-state index in [1.54, 1.807) is 0 Å². The van der Waals surface area contributed by atoms with E-state index >= 15 is 0 Å². The summed E-state index contributed by atoms with van der Waals surface area (Å²) in [6, 6.07) is 2.48. The summed E-state index contributed by atoms with van der Waals surface area (Å²) in [6.45, 7) is -0.663. The molecule has 1 aliphatic rings. The molecule has 1 aliphatic heterocycles. The molecule has 0 aliphatic carbocycles. The molecule has 0 amide bonds. The number of ether oxygens (including phenoxy) is 1. The number of carbonyl (C=O) groups is 2. The van der Waals surface area contributed by atoms with Crippen molar-refractivity contribution in [1.29, 1.82) is 0 Å². The van der Waals surface area contributed by atoms with Gasteiger partial charge in [-0.1, -0.05) is 0 Å². The third-order valence-electron chi connectivity index (χ3n) is 2.24.